The zero-order valence-electron chi connectivity index (χ0n) is 14.9. The molecule has 0 aliphatic carbocycles. The molecule has 0 saturated carbocycles. The van der Waals surface area contributed by atoms with Crippen LogP contribution in [0.2, 0.25) is 0 Å². The number of amides is 1. The molecule has 1 saturated heterocycles. The van der Waals surface area contributed by atoms with Crippen LogP contribution < -0.4 is 15.1 Å². The topological polar surface area (TPSA) is 78.7 Å². The molecule has 2 aromatic carbocycles. The number of benzene rings is 2. The van der Waals surface area contributed by atoms with Crippen LogP contribution in [0.4, 0.5) is 22.7 Å². The number of hydrogen-bond acceptors (Lipinski definition) is 5. The second kappa shape index (κ2) is 7.43. The van der Waals surface area contributed by atoms with Gasteiger partial charge in [-0.1, -0.05) is 12.1 Å². The fraction of sp³-hybridized carbons (Fsp3) is 0.316. The number of anilines is 3. The van der Waals surface area contributed by atoms with E-state index in [2.05, 4.69) is 10.2 Å². The SMILES string of the molecule is CN(C)c1ccc(C(=O)Nc2ccccc2N2CCCC2)cc1[N+](=O)[O-]. The van der Waals surface area contributed by atoms with E-state index in [1.165, 1.54) is 6.07 Å². The van der Waals surface area contributed by atoms with Crippen molar-refractivity contribution in [1.29, 1.82) is 0 Å². The van der Waals surface area contributed by atoms with E-state index in [1.54, 1.807) is 31.1 Å². The fourth-order valence-electron chi connectivity index (χ4n) is 3.20. The molecule has 1 fully saturated rings. The molecule has 1 aliphatic heterocycles. The third-order valence-corrected chi connectivity index (χ3v) is 4.52. The Kier molecular flexibility index (Phi) is 5.06. The number of hydrogen-bond donors (Lipinski definition) is 1. The molecule has 0 aromatic heterocycles. The lowest BCUT2D eigenvalue weighted by atomic mass is 10.1. The maximum Gasteiger partial charge on any atom is 0.293 e. The number of carbonyl (C=O) groups is 1. The van der Waals surface area contributed by atoms with Gasteiger partial charge in [-0.2, -0.15) is 0 Å². The summed E-state index contributed by atoms with van der Waals surface area (Å²) in [6.07, 6.45) is 2.28. The highest BCUT2D eigenvalue weighted by Crippen LogP contribution is 2.31. The Labute approximate surface area is 152 Å². The zero-order chi connectivity index (χ0) is 18.7. The van der Waals surface area contributed by atoms with Gasteiger partial charge in [0.2, 0.25) is 0 Å². The van der Waals surface area contributed by atoms with Gasteiger partial charge in [0, 0.05) is 38.8 Å². The Hall–Kier alpha value is -3.09. The fourth-order valence-corrected chi connectivity index (χ4v) is 3.20. The predicted molar refractivity (Wildman–Crippen MR) is 103 cm³/mol. The average molecular weight is 354 g/mol. The first-order chi connectivity index (χ1) is 12.5. The summed E-state index contributed by atoms with van der Waals surface area (Å²) in [6, 6.07) is 12.2. The van der Waals surface area contributed by atoms with Crippen molar-refractivity contribution in [2.24, 2.45) is 0 Å². The smallest absolute Gasteiger partial charge is 0.293 e. The van der Waals surface area contributed by atoms with Crippen LogP contribution in [0.3, 0.4) is 0 Å². The largest absolute Gasteiger partial charge is 0.372 e. The van der Waals surface area contributed by atoms with E-state index in [4.69, 9.17) is 0 Å². The van der Waals surface area contributed by atoms with Crippen molar-refractivity contribution in [3.63, 3.8) is 0 Å². The van der Waals surface area contributed by atoms with Crippen LogP contribution >= 0.6 is 0 Å². The van der Waals surface area contributed by atoms with Crippen molar-refractivity contribution >= 4 is 28.7 Å². The summed E-state index contributed by atoms with van der Waals surface area (Å²) in [6.45, 7) is 1.94. The highest BCUT2D eigenvalue weighted by Gasteiger charge is 2.20. The lowest BCUT2D eigenvalue weighted by Gasteiger charge is -2.21. The highest BCUT2D eigenvalue weighted by atomic mass is 16.6. The minimum Gasteiger partial charge on any atom is -0.372 e. The summed E-state index contributed by atoms with van der Waals surface area (Å²) in [4.78, 5) is 27.4. The molecular weight excluding hydrogens is 332 g/mol. The maximum atomic E-state index is 12.7. The maximum absolute atomic E-state index is 12.7. The second-order valence-electron chi connectivity index (χ2n) is 6.52. The lowest BCUT2D eigenvalue weighted by molar-refractivity contribution is -0.384. The first-order valence-corrected chi connectivity index (χ1v) is 8.58. The number of nitrogens with zero attached hydrogens (tertiary/aromatic N) is 3. The van der Waals surface area contributed by atoms with Gasteiger partial charge in [0.25, 0.3) is 11.6 Å². The molecule has 1 amide bonds. The van der Waals surface area contributed by atoms with Crippen LogP contribution in [0.25, 0.3) is 0 Å². The molecular formula is C19H22N4O3. The highest BCUT2D eigenvalue weighted by molar-refractivity contribution is 6.06. The van der Waals surface area contributed by atoms with Gasteiger partial charge in [-0.3, -0.25) is 14.9 Å². The van der Waals surface area contributed by atoms with E-state index in [0.29, 0.717) is 5.69 Å². The van der Waals surface area contributed by atoms with E-state index >= 15 is 0 Å². The molecule has 0 bridgehead atoms. The van der Waals surface area contributed by atoms with E-state index < -0.39 is 4.92 Å². The summed E-state index contributed by atoms with van der Waals surface area (Å²) >= 11 is 0. The van der Waals surface area contributed by atoms with E-state index in [-0.39, 0.29) is 17.2 Å². The molecule has 0 spiro atoms. The first kappa shape index (κ1) is 17.7. The molecule has 1 heterocycles. The Morgan fingerprint density at radius 1 is 1.15 bits per heavy atom. The Balaban J connectivity index is 1.87. The van der Waals surface area contributed by atoms with Crippen molar-refractivity contribution in [3.05, 3.63) is 58.1 Å². The molecule has 0 unspecified atom stereocenters. The molecule has 7 heteroatoms. The summed E-state index contributed by atoms with van der Waals surface area (Å²) in [7, 11) is 3.46. The molecule has 136 valence electrons. The van der Waals surface area contributed by atoms with E-state index in [0.717, 1.165) is 37.3 Å². The monoisotopic (exact) mass is 354 g/mol. The van der Waals surface area contributed by atoms with Crippen LogP contribution in [-0.2, 0) is 0 Å². The first-order valence-electron chi connectivity index (χ1n) is 8.58. The zero-order valence-corrected chi connectivity index (χ0v) is 14.9. The van der Waals surface area contributed by atoms with Crippen LogP contribution in [0, 0.1) is 10.1 Å². The number of para-hydroxylation sites is 2. The number of rotatable bonds is 5. The number of nitro groups is 1. The Bertz CT molecular complexity index is 829. The van der Waals surface area contributed by atoms with Crippen LogP contribution in [0.5, 0.6) is 0 Å². The van der Waals surface area contributed by atoms with Gasteiger partial charge < -0.3 is 15.1 Å². The van der Waals surface area contributed by atoms with Crippen molar-refractivity contribution < 1.29 is 9.72 Å². The number of nitrogens with one attached hydrogen (secondary N) is 1. The lowest BCUT2D eigenvalue weighted by Crippen LogP contribution is -2.21. The molecule has 3 rings (SSSR count). The van der Waals surface area contributed by atoms with E-state index in [1.807, 2.05) is 24.3 Å². The molecule has 7 nitrogen and oxygen atoms in total. The number of carbonyl (C=O) groups excluding carboxylic acids is 1. The van der Waals surface area contributed by atoms with Crippen LogP contribution in [0.15, 0.2) is 42.5 Å². The van der Waals surface area contributed by atoms with Crippen LogP contribution in [-0.4, -0.2) is 38.0 Å². The van der Waals surface area contributed by atoms with Gasteiger partial charge in [-0.05, 0) is 37.1 Å². The van der Waals surface area contributed by atoms with Crippen molar-refractivity contribution in [1.82, 2.24) is 0 Å². The van der Waals surface area contributed by atoms with Crippen molar-refractivity contribution in [3.8, 4) is 0 Å². The Morgan fingerprint density at radius 2 is 1.85 bits per heavy atom. The van der Waals surface area contributed by atoms with Crippen molar-refractivity contribution in [2.75, 3.05) is 42.3 Å². The number of nitro benzene ring substituents is 1. The molecule has 26 heavy (non-hydrogen) atoms. The molecule has 0 atom stereocenters. The quantitative estimate of drug-likeness (QED) is 0.656. The normalized spacial score (nSPS) is 13.5. The van der Waals surface area contributed by atoms with Gasteiger partial charge >= 0.3 is 0 Å². The third-order valence-electron chi connectivity index (χ3n) is 4.52. The molecule has 1 N–H and O–H groups in total. The average Bonchev–Trinajstić information content (AvgIpc) is 3.16. The summed E-state index contributed by atoms with van der Waals surface area (Å²) in [5, 5.41) is 14.2. The molecule has 2 aromatic rings. The minimum atomic E-state index is -0.468. The predicted octanol–water partition coefficient (Wildman–Crippen LogP) is 3.51. The molecule has 0 radical (unpaired) electrons. The summed E-state index contributed by atoms with van der Waals surface area (Å²) in [5.41, 5.74) is 2.34. The van der Waals surface area contributed by atoms with Crippen molar-refractivity contribution in [2.45, 2.75) is 12.8 Å². The van der Waals surface area contributed by atoms with Gasteiger partial charge in [-0.15, -0.1) is 0 Å². The summed E-state index contributed by atoms with van der Waals surface area (Å²) < 4.78 is 0. The molecule has 1 aliphatic rings. The Morgan fingerprint density at radius 3 is 2.50 bits per heavy atom. The van der Waals surface area contributed by atoms with Gasteiger partial charge in [0.15, 0.2) is 0 Å². The van der Waals surface area contributed by atoms with Gasteiger partial charge in [-0.25, -0.2) is 0 Å². The standard InChI is InChI=1S/C19H22N4O3/c1-21(2)17-10-9-14(13-18(17)23(25)26)19(24)20-15-7-3-4-8-16(15)22-11-5-6-12-22/h3-4,7-10,13H,5-6,11-12H2,1-2H3,(H,20,24). The second-order valence-corrected chi connectivity index (χ2v) is 6.52. The summed E-state index contributed by atoms with van der Waals surface area (Å²) in [5.74, 6) is -0.356. The van der Waals surface area contributed by atoms with E-state index in [9.17, 15) is 14.9 Å². The van der Waals surface area contributed by atoms with Gasteiger partial charge in [0.1, 0.15) is 5.69 Å². The van der Waals surface area contributed by atoms with Crippen LogP contribution in [0.1, 0.15) is 23.2 Å². The third kappa shape index (κ3) is 3.61. The minimum absolute atomic E-state index is 0.0875. The van der Waals surface area contributed by atoms with Gasteiger partial charge in [0.05, 0.1) is 16.3 Å².